The number of amides is 2. The lowest BCUT2D eigenvalue weighted by atomic mass is 10.1. The Morgan fingerprint density at radius 3 is 2.93 bits per heavy atom. The van der Waals surface area contributed by atoms with E-state index in [4.69, 9.17) is 11.6 Å². The second-order valence-corrected chi connectivity index (χ2v) is 9.70. The Balaban J connectivity index is 1.27. The number of carbonyl (C=O) groups excluding carboxylic acids is 2. The molecule has 0 radical (unpaired) electrons. The Kier molecular flexibility index (Phi) is 5.58. The third-order valence-electron chi connectivity index (χ3n) is 4.30. The molecule has 1 aliphatic rings. The van der Waals surface area contributed by atoms with E-state index in [0.29, 0.717) is 16.0 Å². The smallest absolute Gasteiger partial charge is 0.226 e. The van der Waals surface area contributed by atoms with Crippen LogP contribution in [-0.2, 0) is 22.6 Å². The molecule has 4 heterocycles. The number of rotatable bonds is 5. The lowest BCUT2D eigenvalue weighted by Gasteiger charge is -2.27. The number of thiophene rings is 2. The topological polar surface area (TPSA) is 62.3 Å². The third-order valence-corrected chi connectivity index (χ3v) is 7.34. The number of carbonyl (C=O) groups is 2. The van der Waals surface area contributed by atoms with Crippen molar-refractivity contribution in [1.82, 2.24) is 9.88 Å². The standard InChI is InChI=1S/C18H16ClN3O2S3/c19-15-2-1-14(27-15)12-10-26-18(20-12)21-16(23)3-4-17(24)22-7-5-13-11(9-22)6-8-25-13/h1-2,6,8,10H,3-5,7,9H2,(H,20,21,23). The van der Waals surface area contributed by atoms with E-state index in [2.05, 4.69) is 21.7 Å². The number of nitrogens with zero attached hydrogens (tertiary/aromatic N) is 2. The zero-order chi connectivity index (χ0) is 18.8. The van der Waals surface area contributed by atoms with Crippen LogP contribution in [-0.4, -0.2) is 28.2 Å². The normalized spacial score (nSPS) is 13.4. The van der Waals surface area contributed by atoms with Crippen molar-refractivity contribution in [3.05, 3.63) is 43.7 Å². The first-order valence-corrected chi connectivity index (χ1v) is 11.4. The molecule has 0 saturated carbocycles. The molecule has 0 aliphatic carbocycles. The van der Waals surface area contributed by atoms with Gasteiger partial charge in [-0.1, -0.05) is 11.6 Å². The maximum Gasteiger partial charge on any atom is 0.226 e. The van der Waals surface area contributed by atoms with Gasteiger partial charge in [0, 0.05) is 36.2 Å². The van der Waals surface area contributed by atoms with Crippen molar-refractivity contribution in [1.29, 1.82) is 0 Å². The number of halogens is 1. The summed E-state index contributed by atoms with van der Waals surface area (Å²) in [6, 6.07) is 5.81. The summed E-state index contributed by atoms with van der Waals surface area (Å²) < 4.78 is 0.703. The second kappa shape index (κ2) is 8.10. The van der Waals surface area contributed by atoms with Gasteiger partial charge in [0.2, 0.25) is 11.8 Å². The summed E-state index contributed by atoms with van der Waals surface area (Å²) in [5.41, 5.74) is 2.02. The van der Waals surface area contributed by atoms with E-state index in [1.807, 2.05) is 22.4 Å². The lowest BCUT2D eigenvalue weighted by Crippen LogP contribution is -2.35. The van der Waals surface area contributed by atoms with Gasteiger partial charge >= 0.3 is 0 Å². The van der Waals surface area contributed by atoms with Crippen LogP contribution in [0.15, 0.2) is 29.0 Å². The minimum atomic E-state index is -0.193. The molecule has 0 bridgehead atoms. The molecule has 2 amide bonds. The third kappa shape index (κ3) is 4.40. The second-order valence-electron chi connectivity index (χ2n) is 6.12. The van der Waals surface area contributed by atoms with Crippen molar-refractivity contribution in [3.8, 4) is 10.6 Å². The van der Waals surface area contributed by atoms with Crippen LogP contribution in [0.2, 0.25) is 4.34 Å². The maximum atomic E-state index is 12.4. The Bertz CT molecular complexity index is 978. The molecule has 0 aromatic carbocycles. The Morgan fingerprint density at radius 1 is 1.22 bits per heavy atom. The molecule has 0 fully saturated rings. The molecule has 3 aromatic rings. The first-order chi connectivity index (χ1) is 13.1. The van der Waals surface area contributed by atoms with E-state index in [1.54, 1.807) is 11.3 Å². The summed E-state index contributed by atoms with van der Waals surface area (Å²) in [6.45, 7) is 1.38. The molecule has 0 spiro atoms. The summed E-state index contributed by atoms with van der Waals surface area (Å²) in [5.74, 6) is -0.170. The van der Waals surface area contributed by atoms with Crippen molar-refractivity contribution in [2.75, 3.05) is 11.9 Å². The molecular weight excluding hydrogens is 422 g/mol. The van der Waals surface area contributed by atoms with E-state index in [-0.39, 0.29) is 24.7 Å². The molecule has 0 atom stereocenters. The van der Waals surface area contributed by atoms with Gasteiger partial charge in [-0.25, -0.2) is 4.98 Å². The average molecular weight is 438 g/mol. The Labute approximate surface area is 173 Å². The van der Waals surface area contributed by atoms with E-state index in [1.165, 1.54) is 33.1 Å². The van der Waals surface area contributed by atoms with Gasteiger partial charge < -0.3 is 10.2 Å². The molecule has 0 saturated heterocycles. The van der Waals surface area contributed by atoms with Crippen LogP contribution in [0, 0.1) is 0 Å². The number of anilines is 1. The largest absolute Gasteiger partial charge is 0.338 e. The zero-order valence-electron chi connectivity index (χ0n) is 14.2. The van der Waals surface area contributed by atoms with Gasteiger partial charge in [0.05, 0.1) is 14.9 Å². The van der Waals surface area contributed by atoms with Gasteiger partial charge in [-0.3, -0.25) is 9.59 Å². The van der Waals surface area contributed by atoms with Gasteiger partial charge in [0.25, 0.3) is 0 Å². The Hall–Kier alpha value is -1.74. The summed E-state index contributed by atoms with van der Waals surface area (Å²) in [6.07, 6.45) is 1.27. The van der Waals surface area contributed by atoms with E-state index >= 15 is 0 Å². The number of nitrogens with one attached hydrogen (secondary N) is 1. The van der Waals surface area contributed by atoms with Gasteiger partial charge in [0.1, 0.15) is 0 Å². The molecule has 4 rings (SSSR count). The summed E-state index contributed by atoms with van der Waals surface area (Å²) in [7, 11) is 0. The fourth-order valence-corrected chi connectivity index (χ4v) is 5.61. The highest BCUT2D eigenvalue weighted by Crippen LogP contribution is 2.33. The highest BCUT2D eigenvalue weighted by atomic mass is 35.5. The Morgan fingerprint density at radius 2 is 2.11 bits per heavy atom. The lowest BCUT2D eigenvalue weighted by molar-refractivity contribution is -0.133. The highest BCUT2D eigenvalue weighted by Gasteiger charge is 2.22. The molecule has 27 heavy (non-hydrogen) atoms. The number of fused-ring (bicyclic) bond motifs is 1. The van der Waals surface area contributed by atoms with E-state index < -0.39 is 0 Å². The first-order valence-electron chi connectivity index (χ1n) is 8.42. The fraction of sp³-hybridized carbons (Fsp3) is 0.278. The zero-order valence-corrected chi connectivity index (χ0v) is 17.4. The number of aromatic nitrogens is 1. The molecule has 5 nitrogen and oxygen atoms in total. The van der Waals surface area contributed by atoms with Gasteiger partial charge in [-0.05, 0) is 35.6 Å². The monoisotopic (exact) mass is 437 g/mol. The average Bonchev–Trinajstić information content (AvgIpc) is 3.39. The molecule has 140 valence electrons. The van der Waals surface area contributed by atoms with Gasteiger partial charge in [0.15, 0.2) is 5.13 Å². The van der Waals surface area contributed by atoms with E-state index in [9.17, 15) is 9.59 Å². The minimum absolute atomic E-state index is 0.0232. The van der Waals surface area contributed by atoms with Crippen molar-refractivity contribution >= 4 is 62.6 Å². The van der Waals surface area contributed by atoms with Crippen molar-refractivity contribution in [2.45, 2.75) is 25.8 Å². The first kappa shape index (κ1) is 18.6. The van der Waals surface area contributed by atoms with Crippen LogP contribution in [0.4, 0.5) is 5.13 Å². The maximum absolute atomic E-state index is 12.4. The predicted molar refractivity (Wildman–Crippen MR) is 112 cm³/mol. The van der Waals surface area contributed by atoms with Crippen molar-refractivity contribution in [3.63, 3.8) is 0 Å². The van der Waals surface area contributed by atoms with Crippen LogP contribution in [0.3, 0.4) is 0 Å². The van der Waals surface area contributed by atoms with E-state index in [0.717, 1.165) is 23.5 Å². The summed E-state index contributed by atoms with van der Waals surface area (Å²) in [4.78, 5) is 33.2. The molecule has 0 unspecified atom stereocenters. The van der Waals surface area contributed by atoms with Crippen LogP contribution in [0.5, 0.6) is 0 Å². The number of thiazole rings is 1. The van der Waals surface area contributed by atoms with Crippen LogP contribution in [0.1, 0.15) is 23.3 Å². The van der Waals surface area contributed by atoms with Crippen LogP contribution in [0.25, 0.3) is 10.6 Å². The molecule has 1 N–H and O–H groups in total. The SMILES string of the molecule is O=C(CCC(=O)N1CCc2sccc2C1)Nc1nc(-c2ccc(Cl)s2)cs1. The van der Waals surface area contributed by atoms with Gasteiger partial charge in [-0.2, -0.15) is 0 Å². The summed E-state index contributed by atoms with van der Waals surface area (Å²) in [5, 5.41) is 7.27. The molecule has 9 heteroatoms. The molecule has 1 aliphatic heterocycles. The van der Waals surface area contributed by atoms with Crippen LogP contribution >= 0.6 is 45.6 Å². The fourth-order valence-electron chi connectivity index (χ4n) is 2.92. The highest BCUT2D eigenvalue weighted by molar-refractivity contribution is 7.20. The van der Waals surface area contributed by atoms with Crippen molar-refractivity contribution < 1.29 is 9.59 Å². The number of hydrogen-bond donors (Lipinski definition) is 1. The predicted octanol–water partition coefficient (Wildman–Crippen LogP) is 4.89. The van der Waals surface area contributed by atoms with Gasteiger partial charge in [-0.15, -0.1) is 34.0 Å². The quantitative estimate of drug-likeness (QED) is 0.618. The van der Waals surface area contributed by atoms with Crippen LogP contribution < -0.4 is 5.32 Å². The molecule has 3 aromatic heterocycles. The van der Waals surface area contributed by atoms with Crippen molar-refractivity contribution in [2.24, 2.45) is 0 Å². The summed E-state index contributed by atoms with van der Waals surface area (Å²) >= 11 is 10.5. The minimum Gasteiger partial charge on any atom is -0.338 e. The number of hydrogen-bond acceptors (Lipinski definition) is 6. The molecular formula is C18H16ClN3O2S3.